The lowest BCUT2D eigenvalue weighted by Gasteiger charge is -2.48. The molecule has 1 atom stereocenters. The van der Waals surface area contributed by atoms with Crippen molar-refractivity contribution in [3.8, 4) is 0 Å². The summed E-state index contributed by atoms with van der Waals surface area (Å²) < 4.78 is 0. The third kappa shape index (κ3) is 1.89. The summed E-state index contributed by atoms with van der Waals surface area (Å²) in [6.45, 7) is 4.10. The molecule has 1 heterocycles. The number of benzene rings is 2. The van der Waals surface area contributed by atoms with Gasteiger partial charge in [0.1, 0.15) is 11.4 Å². The van der Waals surface area contributed by atoms with Crippen molar-refractivity contribution in [2.24, 2.45) is 10.4 Å². The number of fused-ring (bicyclic) bond motifs is 1. The van der Waals surface area contributed by atoms with Crippen molar-refractivity contribution in [3.63, 3.8) is 0 Å². The van der Waals surface area contributed by atoms with Gasteiger partial charge in [0, 0.05) is 19.7 Å². The highest BCUT2D eigenvalue weighted by molar-refractivity contribution is 5.94. The summed E-state index contributed by atoms with van der Waals surface area (Å²) in [5, 5.41) is 11.8. The Bertz CT molecular complexity index is 719. The second kappa shape index (κ2) is 4.96. The second-order valence-electron chi connectivity index (χ2n) is 6.55. The van der Waals surface area contributed by atoms with Gasteiger partial charge in [-0.1, -0.05) is 48.5 Å². The molecule has 0 aliphatic carbocycles. The summed E-state index contributed by atoms with van der Waals surface area (Å²) >= 11 is 0. The van der Waals surface area contributed by atoms with E-state index < -0.39 is 11.0 Å². The summed E-state index contributed by atoms with van der Waals surface area (Å²) in [6.07, 6.45) is 0. The van der Waals surface area contributed by atoms with Crippen molar-refractivity contribution >= 4 is 11.5 Å². The average Bonchev–Trinajstić information content (AvgIpc) is 2.51. The van der Waals surface area contributed by atoms with E-state index in [1.54, 1.807) is 0 Å². The van der Waals surface area contributed by atoms with Crippen molar-refractivity contribution < 1.29 is 5.11 Å². The zero-order valence-electron chi connectivity index (χ0n) is 13.5. The van der Waals surface area contributed by atoms with Crippen LogP contribution >= 0.6 is 0 Å². The maximum Gasteiger partial charge on any atom is 0.129 e. The Morgan fingerprint density at radius 3 is 2.14 bits per heavy atom. The van der Waals surface area contributed by atoms with E-state index in [1.165, 1.54) is 0 Å². The molecular weight excluding hydrogens is 272 g/mol. The summed E-state index contributed by atoms with van der Waals surface area (Å²) in [5.74, 6) is 0.873. The van der Waals surface area contributed by atoms with Gasteiger partial charge in [0.05, 0.1) is 11.1 Å². The molecule has 3 rings (SSSR count). The first-order valence-electron chi connectivity index (χ1n) is 7.53. The monoisotopic (exact) mass is 294 g/mol. The van der Waals surface area contributed by atoms with E-state index in [0.717, 1.165) is 22.6 Å². The predicted molar refractivity (Wildman–Crippen MR) is 90.4 cm³/mol. The van der Waals surface area contributed by atoms with Gasteiger partial charge < -0.3 is 10.0 Å². The van der Waals surface area contributed by atoms with Crippen molar-refractivity contribution in [3.05, 3.63) is 65.7 Å². The van der Waals surface area contributed by atoms with Crippen LogP contribution in [0.15, 0.2) is 59.6 Å². The fourth-order valence-corrected chi connectivity index (χ4v) is 3.48. The number of hydrogen-bond donors (Lipinski definition) is 1. The third-order valence-corrected chi connectivity index (χ3v) is 4.60. The Balaban J connectivity index is 2.35. The van der Waals surface area contributed by atoms with E-state index in [0.29, 0.717) is 0 Å². The van der Waals surface area contributed by atoms with Gasteiger partial charge in [0.25, 0.3) is 0 Å². The van der Waals surface area contributed by atoms with Crippen LogP contribution in [-0.2, 0) is 5.60 Å². The second-order valence-corrected chi connectivity index (χ2v) is 6.55. The smallest absolute Gasteiger partial charge is 0.129 e. The summed E-state index contributed by atoms with van der Waals surface area (Å²) in [6, 6.07) is 17.7. The van der Waals surface area contributed by atoms with E-state index >= 15 is 0 Å². The van der Waals surface area contributed by atoms with Gasteiger partial charge in [0.15, 0.2) is 0 Å². The van der Waals surface area contributed by atoms with Gasteiger partial charge in [-0.25, -0.2) is 4.99 Å². The van der Waals surface area contributed by atoms with E-state index in [-0.39, 0.29) is 0 Å². The Kier molecular flexibility index (Phi) is 3.33. The molecule has 2 aromatic rings. The van der Waals surface area contributed by atoms with Crippen LogP contribution in [0.3, 0.4) is 0 Å². The molecule has 114 valence electrons. The molecule has 0 bridgehead atoms. The molecule has 22 heavy (non-hydrogen) atoms. The van der Waals surface area contributed by atoms with Crippen molar-refractivity contribution in [1.82, 2.24) is 4.90 Å². The molecule has 0 radical (unpaired) electrons. The highest BCUT2D eigenvalue weighted by atomic mass is 16.3. The Morgan fingerprint density at radius 2 is 1.50 bits per heavy atom. The van der Waals surface area contributed by atoms with E-state index in [1.807, 2.05) is 73.6 Å². The van der Waals surface area contributed by atoms with Crippen LogP contribution in [0.5, 0.6) is 0 Å². The minimum atomic E-state index is -1.12. The van der Waals surface area contributed by atoms with Gasteiger partial charge in [-0.2, -0.15) is 0 Å². The highest BCUT2D eigenvalue weighted by Crippen LogP contribution is 2.52. The molecule has 0 saturated carbocycles. The van der Waals surface area contributed by atoms with Gasteiger partial charge in [-0.3, -0.25) is 0 Å². The molecule has 1 aliphatic heterocycles. The summed E-state index contributed by atoms with van der Waals surface area (Å²) in [4.78, 5) is 6.79. The molecule has 2 aromatic carbocycles. The van der Waals surface area contributed by atoms with Gasteiger partial charge in [-0.05, 0) is 25.5 Å². The van der Waals surface area contributed by atoms with Gasteiger partial charge >= 0.3 is 0 Å². The maximum absolute atomic E-state index is 11.8. The minimum Gasteiger partial charge on any atom is -0.379 e. The molecule has 0 saturated heterocycles. The van der Waals surface area contributed by atoms with E-state index in [4.69, 9.17) is 4.99 Å². The summed E-state index contributed by atoms with van der Waals surface area (Å²) in [7, 11) is 3.94. The van der Waals surface area contributed by atoms with Crippen molar-refractivity contribution in [2.75, 3.05) is 14.1 Å². The molecule has 1 aliphatic rings. The Labute approximate surface area is 131 Å². The van der Waals surface area contributed by atoms with E-state index in [2.05, 4.69) is 13.8 Å². The Hall–Kier alpha value is -2.13. The largest absolute Gasteiger partial charge is 0.379 e. The van der Waals surface area contributed by atoms with Crippen LogP contribution in [-0.4, -0.2) is 29.9 Å². The normalized spacial score (nSPS) is 22.7. The average molecular weight is 294 g/mol. The first-order valence-corrected chi connectivity index (χ1v) is 7.53. The fourth-order valence-electron chi connectivity index (χ4n) is 3.48. The first kappa shape index (κ1) is 14.8. The fraction of sp³-hybridized carbons (Fsp3) is 0.316. The number of aliphatic imine (C=N–C) groups is 1. The molecule has 1 N–H and O–H groups in total. The lowest BCUT2D eigenvalue weighted by Crippen LogP contribution is -2.53. The highest BCUT2D eigenvalue weighted by Gasteiger charge is 2.53. The maximum atomic E-state index is 11.8. The topological polar surface area (TPSA) is 35.8 Å². The zero-order chi connectivity index (χ0) is 16.0. The molecule has 0 amide bonds. The van der Waals surface area contributed by atoms with Gasteiger partial charge in [-0.15, -0.1) is 0 Å². The molecule has 3 heteroatoms. The quantitative estimate of drug-likeness (QED) is 0.873. The minimum absolute atomic E-state index is 0.549. The molecule has 1 unspecified atom stereocenters. The van der Waals surface area contributed by atoms with Crippen LogP contribution < -0.4 is 0 Å². The molecule has 0 aromatic heterocycles. The number of amidine groups is 1. The molecular formula is C19H22N2O. The number of rotatable bonds is 1. The van der Waals surface area contributed by atoms with Crippen LogP contribution in [0, 0.1) is 5.41 Å². The predicted octanol–water partition coefficient (Wildman–Crippen LogP) is 3.55. The lowest BCUT2D eigenvalue weighted by atomic mass is 9.64. The van der Waals surface area contributed by atoms with Crippen LogP contribution in [0.25, 0.3) is 0 Å². The van der Waals surface area contributed by atoms with Crippen LogP contribution in [0.4, 0.5) is 5.69 Å². The van der Waals surface area contributed by atoms with Crippen LogP contribution in [0.1, 0.15) is 25.0 Å². The zero-order valence-corrected chi connectivity index (χ0v) is 13.5. The SMILES string of the molecule is CN(C)C1=Nc2ccccc2C(O)(c2ccccc2)C1(C)C. The number of aliphatic hydroxyl groups is 1. The molecule has 0 spiro atoms. The van der Waals surface area contributed by atoms with E-state index in [9.17, 15) is 5.11 Å². The van der Waals surface area contributed by atoms with Crippen LogP contribution in [0.2, 0.25) is 0 Å². The van der Waals surface area contributed by atoms with Crippen molar-refractivity contribution in [2.45, 2.75) is 19.4 Å². The standard InChI is InChI=1S/C19H22N2O/c1-18(2)17(21(3)4)20-16-13-9-8-12-15(16)19(18,22)14-10-6-5-7-11-14/h5-13,22H,1-4H3. The molecule has 0 fully saturated rings. The van der Waals surface area contributed by atoms with Gasteiger partial charge in [0.2, 0.25) is 0 Å². The number of hydrogen-bond acceptors (Lipinski definition) is 3. The number of para-hydroxylation sites is 1. The Morgan fingerprint density at radius 1 is 0.909 bits per heavy atom. The van der Waals surface area contributed by atoms with Crippen molar-refractivity contribution in [1.29, 1.82) is 0 Å². The first-order chi connectivity index (χ1) is 10.4. The third-order valence-electron chi connectivity index (χ3n) is 4.60. The summed E-state index contributed by atoms with van der Waals surface area (Å²) in [5.41, 5.74) is 0.911. The lowest BCUT2D eigenvalue weighted by molar-refractivity contribution is -0.00470. The molecule has 3 nitrogen and oxygen atoms in total. The number of nitrogens with zero attached hydrogens (tertiary/aromatic N) is 2.